The van der Waals surface area contributed by atoms with Crippen molar-refractivity contribution in [2.75, 3.05) is 39.6 Å². The zero-order chi connectivity index (χ0) is 78.6. The average molecular weight is 1560 g/mol. The number of phosphoric ester groups is 2. The van der Waals surface area contributed by atoms with Crippen molar-refractivity contribution >= 4 is 39.5 Å². The normalized spacial score (nSPS) is 14.1. The number of carbonyl (C=O) groups excluding carboxylic acids is 4. The van der Waals surface area contributed by atoms with E-state index in [2.05, 4.69) is 48.5 Å². The predicted octanol–water partition coefficient (Wildman–Crippen LogP) is 26.9. The van der Waals surface area contributed by atoms with E-state index in [1.54, 1.807) is 0 Å². The molecule has 0 aliphatic rings. The van der Waals surface area contributed by atoms with E-state index in [4.69, 9.17) is 37.0 Å². The van der Waals surface area contributed by atoms with E-state index in [1.807, 2.05) is 0 Å². The van der Waals surface area contributed by atoms with E-state index in [0.29, 0.717) is 25.7 Å². The molecular formula is C88H172O17P2. The van der Waals surface area contributed by atoms with Gasteiger partial charge in [-0.05, 0) is 43.4 Å². The zero-order valence-corrected chi connectivity index (χ0v) is 72.4. The standard InChI is InChI=1S/C88H172O17P2/c1-8-10-11-12-13-48-55-62-69-85(90)98-75-83(104-87(92)72-65-58-51-44-38-32-26-28-34-40-46-53-60-67-80(5)6)77-102-106(94,95)100-73-82(89)74-101-107(96,97)103-78-84(76-99-86(91)70-63-56-49-42-36-30-24-20-16-14-18-22-27-33-39-45-52-59-66-79(3)4)105-88(93)71-64-57-50-43-37-31-25-21-17-15-19-23-29-35-41-47-54-61-68-81(7)9-2/h79-84,89H,8-78H2,1-7H3,(H,94,95)(H,96,97)/t81?,82-,83+,84+/m0/s1. The molecule has 0 bridgehead atoms. The van der Waals surface area contributed by atoms with Crippen LogP contribution in [-0.2, 0) is 65.4 Å². The Hall–Kier alpha value is -1.94. The second-order valence-corrected chi connectivity index (χ2v) is 35.7. The molecule has 3 unspecified atom stereocenters. The Bertz CT molecular complexity index is 2060. The smallest absolute Gasteiger partial charge is 0.462 e. The van der Waals surface area contributed by atoms with Crippen LogP contribution in [0.15, 0.2) is 0 Å². The number of esters is 4. The van der Waals surface area contributed by atoms with Gasteiger partial charge in [-0.15, -0.1) is 0 Å². The maximum absolute atomic E-state index is 13.2. The third-order valence-electron chi connectivity index (χ3n) is 21.0. The molecule has 0 amide bonds. The van der Waals surface area contributed by atoms with Gasteiger partial charge in [0.2, 0.25) is 0 Å². The fourth-order valence-electron chi connectivity index (χ4n) is 13.7. The van der Waals surface area contributed by atoms with Gasteiger partial charge in [0.15, 0.2) is 12.2 Å². The summed E-state index contributed by atoms with van der Waals surface area (Å²) in [5, 5.41) is 10.7. The highest BCUT2D eigenvalue weighted by Crippen LogP contribution is 2.45. The van der Waals surface area contributed by atoms with Crippen molar-refractivity contribution in [3.8, 4) is 0 Å². The molecule has 0 aromatic carbocycles. The Labute approximate surface area is 658 Å². The van der Waals surface area contributed by atoms with Gasteiger partial charge in [0, 0.05) is 25.7 Å². The highest BCUT2D eigenvalue weighted by Gasteiger charge is 2.31. The van der Waals surface area contributed by atoms with Gasteiger partial charge in [-0.25, -0.2) is 9.13 Å². The van der Waals surface area contributed by atoms with Crippen molar-refractivity contribution in [2.24, 2.45) is 17.8 Å². The van der Waals surface area contributed by atoms with Crippen LogP contribution in [0.25, 0.3) is 0 Å². The number of aliphatic hydroxyl groups is 1. The lowest BCUT2D eigenvalue weighted by atomic mass is 9.99. The van der Waals surface area contributed by atoms with E-state index >= 15 is 0 Å². The molecule has 0 aromatic rings. The first-order valence-corrected chi connectivity index (χ1v) is 48.4. The number of hydrogen-bond donors (Lipinski definition) is 3. The first-order valence-electron chi connectivity index (χ1n) is 45.4. The van der Waals surface area contributed by atoms with Crippen molar-refractivity contribution in [1.82, 2.24) is 0 Å². The Morgan fingerprint density at radius 2 is 0.477 bits per heavy atom. The molecule has 19 heteroatoms. The number of rotatable bonds is 86. The fourth-order valence-corrected chi connectivity index (χ4v) is 15.3. The average Bonchev–Trinajstić information content (AvgIpc) is 0.901. The minimum absolute atomic E-state index is 0.107. The lowest BCUT2D eigenvalue weighted by molar-refractivity contribution is -0.161. The van der Waals surface area contributed by atoms with Gasteiger partial charge in [0.25, 0.3) is 0 Å². The summed E-state index contributed by atoms with van der Waals surface area (Å²) in [6.07, 6.45) is 69.6. The maximum Gasteiger partial charge on any atom is 0.472 e. The molecule has 0 aliphatic heterocycles. The van der Waals surface area contributed by atoms with Crippen molar-refractivity contribution in [1.29, 1.82) is 0 Å². The van der Waals surface area contributed by atoms with Crippen molar-refractivity contribution < 1.29 is 80.2 Å². The van der Waals surface area contributed by atoms with Gasteiger partial charge in [-0.1, -0.05) is 414 Å². The van der Waals surface area contributed by atoms with Crippen LogP contribution in [0.4, 0.5) is 0 Å². The minimum atomic E-state index is -4.97. The van der Waals surface area contributed by atoms with E-state index in [9.17, 15) is 43.2 Å². The third kappa shape index (κ3) is 80.5. The number of hydrogen-bond acceptors (Lipinski definition) is 15. The lowest BCUT2D eigenvalue weighted by Crippen LogP contribution is -2.30. The van der Waals surface area contributed by atoms with Gasteiger partial charge in [-0.2, -0.15) is 0 Å². The summed E-state index contributed by atoms with van der Waals surface area (Å²) >= 11 is 0. The van der Waals surface area contributed by atoms with E-state index in [1.165, 1.54) is 270 Å². The molecule has 0 aromatic heterocycles. The number of unbranched alkanes of at least 4 members (excludes halogenated alkanes) is 53. The summed E-state index contributed by atoms with van der Waals surface area (Å²) in [6, 6.07) is 0. The second kappa shape index (κ2) is 78.0. The number of phosphoric acid groups is 2. The van der Waals surface area contributed by atoms with Gasteiger partial charge in [0.1, 0.15) is 19.3 Å². The van der Waals surface area contributed by atoms with Gasteiger partial charge < -0.3 is 33.8 Å². The zero-order valence-electron chi connectivity index (χ0n) is 70.6. The molecule has 0 saturated heterocycles. The van der Waals surface area contributed by atoms with Crippen molar-refractivity contribution in [3.63, 3.8) is 0 Å². The summed E-state index contributed by atoms with van der Waals surface area (Å²) < 4.78 is 68.9. The van der Waals surface area contributed by atoms with Crippen LogP contribution in [0.3, 0.4) is 0 Å². The Morgan fingerprint density at radius 1 is 0.271 bits per heavy atom. The molecule has 0 fully saturated rings. The Kier molecular flexibility index (Phi) is 76.6. The summed E-state index contributed by atoms with van der Waals surface area (Å²) in [6.45, 7) is 12.1. The SMILES string of the molecule is CCCCCCCCCCC(=O)OC[C@H](COP(=O)(O)OC[C@H](O)COP(=O)(O)OC[C@@H](COC(=O)CCCCCCCCCCCCCCCCCCCCC(C)C)OC(=O)CCCCCCCCCCCCCCCCCCCCC(C)CC)OC(=O)CCCCCCCCCCCCCCCC(C)C. The number of ether oxygens (including phenoxy) is 4. The largest absolute Gasteiger partial charge is 0.472 e. The lowest BCUT2D eigenvalue weighted by Gasteiger charge is -2.21. The first kappa shape index (κ1) is 105. The molecule has 17 nitrogen and oxygen atoms in total. The molecule has 107 heavy (non-hydrogen) atoms. The summed E-state index contributed by atoms with van der Waals surface area (Å²) in [5.41, 5.74) is 0. The quantitative estimate of drug-likeness (QED) is 0.0222. The van der Waals surface area contributed by atoms with Crippen LogP contribution in [0.1, 0.15) is 466 Å². The van der Waals surface area contributed by atoms with Gasteiger partial charge in [0.05, 0.1) is 26.4 Å². The molecule has 0 saturated carbocycles. The maximum atomic E-state index is 13.2. The Balaban J connectivity index is 5.18. The number of carbonyl (C=O) groups is 4. The monoisotopic (exact) mass is 1560 g/mol. The summed E-state index contributed by atoms with van der Waals surface area (Å²) in [7, 11) is -9.93. The van der Waals surface area contributed by atoms with Gasteiger partial charge in [-0.3, -0.25) is 37.3 Å². The minimum Gasteiger partial charge on any atom is -0.462 e. The van der Waals surface area contributed by atoms with Crippen molar-refractivity contribution in [2.45, 2.75) is 484 Å². The summed E-state index contributed by atoms with van der Waals surface area (Å²) in [4.78, 5) is 73.2. The van der Waals surface area contributed by atoms with Gasteiger partial charge >= 0.3 is 39.5 Å². The number of aliphatic hydroxyl groups excluding tert-OH is 1. The van der Waals surface area contributed by atoms with Crippen LogP contribution >= 0.6 is 15.6 Å². The predicted molar refractivity (Wildman–Crippen MR) is 441 cm³/mol. The van der Waals surface area contributed by atoms with Crippen LogP contribution < -0.4 is 0 Å². The van der Waals surface area contributed by atoms with E-state index in [0.717, 1.165) is 114 Å². The molecule has 0 rings (SSSR count). The molecule has 3 N–H and O–H groups in total. The fraction of sp³-hybridized carbons (Fsp3) is 0.955. The first-order chi connectivity index (χ1) is 51.8. The third-order valence-corrected chi connectivity index (χ3v) is 22.9. The Morgan fingerprint density at radius 3 is 0.710 bits per heavy atom. The highest BCUT2D eigenvalue weighted by atomic mass is 31.2. The van der Waals surface area contributed by atoms with E-state index < -0.39 is 97.5 Å². The topological polar surface area (TPSA) is 237 Å². The van der Waals surface area contributed by atoms with Crippen molar-refractivity contribution in [3.05, 3.63) is 0 Å². The molecule has 0 heterocycles. The molecule has 0 spiro atoms. The van der Waals surface area contributed by atoms with Crippen LogP contribution in [0.5, 0.6) is 0 Å². The second-order valence-electron chi connectivity index (χ2n) is 32.8. The van der Waals surface area contributed by atoms with Crippen LogP contribution in [-0.4, -0.2) is 96.7 Å². The molecule has 0 radical (unpaired) electrons. The molecule has 636 valence electrons. The van der Waals surface area contributed by atoms with Crippen LogP contribution in [0, 0.1) is 17.8 Å². The molecular weight excluding hydrogens is 1390 g/mol. The van der Waals surface area contributed by atoms with E-state index in [-0.39, 0.29) is 25.7 Å². The summed E-state index contributed by atoms with van der Waals surface area (Å²) in [5.74, 6) is 0.376. The highest BCUT2D eigenvalue weighted by molar-refractivity contribution is 7.47. The molecule has 0 aliphatic carbocycles. The molecule has 6 atom stereocenters. The van der Waals surface area contributed by atoms with Crippen LogP contribution in [0.2, 0.25) is 0 Å².